The Morgan fingerprint density at radius 1 is 0.912 bits per heavy atom. The van der Waals surface area contributed by atoms with Crippen LogP contribution in [0.1, 0.15) is 74.9 Å². The number of carbonyl (C=O) groups is 3. The number of nitrogens with one attached hydrogen (secondary N) is 2. The number of imidazole rings is 1. The quantitative estimate of drug-likeness (QED) is 0.129. The molecule has 11 nitrogen and oxygen atoms in total. The third-order valence-electron chi connectivity index (χ3n) is 12.9. The van der Waals surface area contributed by atoms with E-state index in [9.17, 15) is 14.4 Å². The van der Waals surface area contributed by atoms with Gasteiger partial charge in [-0.15, -0.1) is 0 Å². The third-order valence-corrected chi connectivity index (χ3v) is 12.9. The second kappa shape index (κ2) is 17.0. The van der Waals surface area contributed by atoms with Crippen molar-refractivity contribution in [3.8, 4) is 22.4 Å². The summed E-state index contributed by atoms with van der Waals surface area (Å²) in [5.41, 5.74) is 8.84. The van der Waals surface area contributed by atoms with Crippen LogP contribution in [-0.2, 0) is 30.3 Å². The van der Waals surface area contributed by atoms with E-state index in [1.54, 1.807) is 19.5 Å². The van der Waals surface area contributed by atoms with Crippen LogP contribution in [0, 0.1) is 29.6 Å². The number of H-pyrrole nitrogens is 1. The highest BCUT2D eigenvalue weighted by molar-refractivity contribution is 6.02. The molecule has 2 amide bonds. The maximum absolute atomic E-state index is 13.7. The Bertz CT molecular complexity index is 2130. The molecule has 4 heterocycles. The van der Waals surface area contributed by atoms with Crippen molar-refractivity contribution in [1.82, 2.24) is 25.2 Å². The van der Waals surface area contributed by atoms with Crippen molar-refractivity contribution < 1.29 is 23.9 Å². The summed E-state index contributed by atoms with van der Waals surface area (Å²) in [6.45, 7) is 3.04. The van der Waals surface area contributed by atoms with Gasteiger partial charge in [-0.2, -0.15) is 0 Å². The molecule has 3 fully saturated rings. The minimum Gasteiger partial charge on any atom is -0.469 e. The first-order valence-electron chi connectivity index (χ1n) is 20.4. The van der Waals surface area contributed by atoms with Crippen LogP contribution >= 0.6 is 0 Å². The van der Waals surface area contributed by atoms with Crippen LogP contribution in [0.5, 0.6) is 0 Å². The SMILES string of the molecule is COC(=O)C[C@H](C(=O)N1CCC[C@H]1c1ncc(-c2ccc(-c3ccc(C4=CN=C([C@H]5C6CCC(C6)[C@@H]5C(=O)NCCc5ccncc5)C4)cc3)cc2)[nH]1)[C@@H](C)OC. The summed E-state index contributed by atoms with van der Waals surface area (Å²) in [5.74, 6) is 0.963. The lowest BCUT2D eigenvalue weighted by Crippen LogP contribution is -2.41. The van der Waals surface area contributed by atoms with E-state index >= 15 is 0 Å². The molecule has 7 atom stereocenters. The van der Waals surface area contributed by atoms with Gasteiger partial charge in [-0.3, -0.25) is 24.4 Å². The number of aliphatic imine (C=N–C) groups is 1. The molecule has 296 valence electrons. The van der Waals surface area contributed by atoms with Crippen LogP contribution in [0.2, 0.25) is 0 Å². The van der Waals surface area contributed by atoms with Gasteiger partial charge in [0.15, 0.2) is 0 Å². The summed E-state index contributed by atoms with van der Waals surface area (Å²) in [6, 6.07) is 20.9. The number of benzene rings is 2. The molecule has 2 saturated carbocycles. The first-order chi connectivity index (χ1) is 27.8. The van der Waals surface area contributed by atoms with Crippen LogP contribution in [0.3, 0.4) is 0 Å². The second-order valence-corrected chi connectivity index (χ2v) is 16.1. The molecule has 57 heavy (non-hydrogen) atoms. The maximum atomic E-state index is 13.7. The Morgan fingerprint density at radius 2 is 1.61 bits per heavy atom. The smallest absolute Gasteiger partial charge is 0.306 e. The number of aromatic nitrogens is 3. The first-order valence-corrected chi connectivity index (χ1v) is 20.4. The largest absolute Gasteiger partial charge is 0.469 e. The lowest BCUT2D eigenvalue weighted by Gasteiger charge is -2.30. The molecule has 1 saturated heterocycles. The van der Waals surface area contributed by atoms with Crippen molar-refractivity contribution in [3.63, 3.8) is 0 Å². The molecule has 0 spiro atoms. The average Bonchev–Trinajstić information content (AvgIpc) is 4.11. The van der Waals surface area contributed by atoms with Gasteiger partial charge in [0, 0.05) is 62.8 Å². The number of rotatable bonds is 14. The lowest BCUT2D eigenvalue weighted by molar-refractivity contribution is -0.151. The Balaban J connectivity index is 0.878. The number of allylic oxidation sites excluding steroid dienone is 1. The van der Waals surface area contributed by atoms with E-state index in [0.717, 1.165) is 72.3 Å². The molecule has 2 aromatic heterocycles. The summed E-state index contributed by atoms with van der Waals surface area (Å²) in [5, 5.41) is 3.26. The van der Waals surface area contributed by atoms with E-state index in [0.29, 0.717) is 24.9 Å². The van der Waals surface area contributed by atoms with Crippen molar-refractivity contribution >= 4 is 29.1 Å². The number of methoxy groups -OCH3 is 2. The predicted octanol–water partition coefficient (Wildman–Crippen LogP) is 7.22. The summed E-state index contributed by atoms with van der Waals surface area (Å²) in [4.78, 5) is 58.4. The molecule has 11 heteroatoms. The van der Waals surface area contributed by atoms with Crippen LogP contribution in [0.15, 0.2) is 90.4 Å². The van der Waals surface area contributed by atoms with E-state index in [4.69, 9.17) is 19.5 Å². The van der Waals surface area contributed by atoms with Crippen LogP contribution in [0.4, 0.5) is 0 Å². The molecular formula is C46H52N6O5. The minimum absolute atomic E-state index is 0.00931. The van der Waals surface area contributed by atoms with Gasteiger partial charge in [-0.05, 0) is 103 Å². The maximum Gasteiger partial charge on any atom is 0.306 e. The van der Waals surface area contributed by atoms with Gasteiger partial charge in [-0.1, -0.05) is 48.5 Å². The highest BCUT2D eigenvalue weighted by atomic mass is 16.5. The summed E-state index contributed by atoms with van der Waals surface area (Å²) in [7, 11) is 2.88. The number of nitrogens with zero attached hydrogens (tertiary/aromatic N) is 4. The van der Waals surface area contributed by atoms with Crippen molar-refractivity contribution in [1.29, 1.82) is 0 Å². The predicted molar refractivity (Wildman–Crippen MR) is 219 cm³/mol. The van der Waals surface area contributed by atoms with Crippen molar-refractivity contribution in [2.24, 2.45) is 34.6 Å². The first kappa shape index (κ1) is 38.5. The fourth-order valence-corrected chi connectivity index (χ4v) is 9.75. The summed E-state index contributed by atoms with van der Waals surface area (Å²) in [6.07, 6.45) is 13.7. The zero-order valence-electron chi connectivity index (χ0n) is 33.0. The van der Waals surface area contributed by atoms with Crippen molar-refractivity contribution in [2.75, 3.05) is 27.3 Å². The Kier molecular flexibility index (Phi) is 11.5. The zero-order chi connectivity index (χ0) is 39.5. The number of pyridine rings is 1. The fraction of sp³-hybridized carbons (Fsp3) is 0.435. The number of likely N-dealkylation sites (tertiary alicyclic amines) is 1. The average molecular weight is 769 g/mol. The van der Waals surface area contributed by atoms with E-state index in [2.05, 4.69) is 63.8 Å². The van der Waals surface area contributed by atoms with Gasteiger partial charge in [0.2, 0.25) is 11.8 Å². The second-order valence-electron chi connectivity index (χ2n) is 16.1. The molecular weight excluding hydrogens is 717 g/mol. The molecule has 2 N–H and O–H groups in total. The lowest BCUT2D eigenvalue weighted by atomic mass is 9.75. The number of esters is 1. The third kappa shape index (κ3) is 8.08. The molecule has 2 unspecified atom stereocenters. The summed E-state index contributed by atoms with van der Waals surface area (Å²) < 4.78 is 10.3. The minimum atomic E-state index is -0.631. The van der Waals surface area contributed by atoms with Crippen molar-refractivity contribution in [2.45, 2.75) is 70.4 Å². The van der Waals surface area contributed by atoms with E-state index in [-0.39, 0.29) is 36.1 Å². The van der Waals surface area contributed by atoms with E-state index in [1.807, 2.05) is 36.4 Å². The Morgan fingerprint density at radius 3 is 2.33 bits per heavy atom. The number of hydrogen-bond donors (Lipinski definition) is 2. The molecule has 4 aliphatic rings. The number of aromatic amines is 1. The molecule has 2 aliphatic heterocycles. The molecule has 4 aromatic rings. The van der Waals surface area contributed by atoms with Gasteiger partial charge in [-0.25, -0.2) is 4.98 Å². The standard InChI is InChI=1S/C46H52N6O5/c1-28(56-2)37(25-41(53)57-3)46(55)52-22-4-5-40(52)44-50-27-39(51-44)33-12-10-31(11-13-33)30-6-8-32(9-7-30)36-24-38(49-26-36)42-34-14-15-35(23-34)43(42)45(54)48-21-18-29-16-19-47-20-17-29/h6-13,16-17,19-20,26-28,34-35,37,40,42-43H,4-5,14-15,18,21-25H2,1-3H3,(H,48,54)(H,50,51)/t28-,34?,35?,37+,40+,42-,43+/m1/s1. The highest BCUT2D eigenvalue weighted by Crippen LogP contribution is 2.54. The molecule has 2 aliphatic carbocycles. The van der Waals surface area contributed by atoms with Gasteiger partial charge >= 0.3 is 5.97 Å². The molecule has 8 rings (SSSR count). The highest BCUT2D eigenvalue weighted by Gasteiger charge is 2.52. The molecule has 0 radical (unpaired) electrons. The van der Waals surface area contributed by atoms with E-state index < -0.39 is 18.0 Å². The molecule has 2 aromatic carbocycles. The normalized spacial score (nSPS) is 23.6. The molecule has 2 bridgehead atoms. The van der Waals surface area contributed by atoms with Gasteiger partial charge in [0.1, 0.15) is 5.82 Å². The van der Waals surface area contributed by atoms with Gasteiger partial charge < -0.3 is 24.7 Å². The van der Waals surface area contributed by atoms with Gasteiger partial charge in [0.05, 0.1) is 43.5 Å². The fourth-order valence-electron chi connectivity index (χ4n) is 9.75. The topological polar surface area (TPSA) is 139 Å². The van der Waals surface area contributed by atoms with Crippen LogP contribution in [0.25, 0.3) is 28.0 Å². The number of hydrogen-bond acceptors (Lipinski definition) is 8. The van der Waals surface area contributed by atoms with Crippen LogP contribution in [-0.4, -0.2) is 76.8 Å². The number of fused-ring (bicyclic) bond motifs is 2. The van der Waals surface area contributed by atoms with Crippen molar-refractivity contribution in [3.05, 3.63) is 102 Å². The zero-order valence-corrected chi connectivity index (χ0v) is 33.0. The number of ether oxygens (including phenoxy) is 2. The summed E-state index contributed by atoms with van der Waals surface area (Å²) >= 11 is 0. The number of carbonyl (C=O) groups excluding carboxylic acids is 3. The van der Waals surface area contributed by atoms with Crippen LogP contribution < -0.4 is 5.32 Å². The van der Waals surface area contributed by atoms with E-state index in [1.165, 1.54) is 30.4 Å². The monoisotopic (exact) mass is 768 g/mol. The Labute approximate surface area is 334 Å². The number of amides is 2. The van der Waals surface area contributed by atoms with Gasteiger partial charge in [0.25, 0.3) is 0 Å². The Hall–Kier alpha value is -5.42.